The van der Waals surface area contributed by atoms with Crippen molar-refractivity contribution in [3.63, 3.8) is 0 Å². The van der Waals surface area contributed by atoms with E-state index in [0.717, 1.165) is 12.8 Å². The summed E-state index contributed by atoms with van der Waals surface area (Å²) in [4.78, 5) is 10.7. The van der Waals surface area contributed by atoms with E-state index in [-0.39, 0.29) is 12.3 Å². The van der Waals surface area contributed by atoms with Crippen molar-refractivity contribution in [2.75, 3.05) is 13.2 Å². The zero-order valence-corrected chi connectivity index (χ0v) is 12.5. The molecule has 1 rings (SSSR count). The van der Waals surface area contributed by atoms with Crippen LogP contribution in [0.25, 0.3) is 0 Å². The van der Waals surface area contributed by atoms with E-state index in [4.69, 9.17) is 27.2 Å². The fraction of sp³-hybridized carbons (Fsp3) is 0.533. The summed E-state index contributed by atoms with van der Waals surface area (Å²) in [5.41, 5.74) is 5.60. The van der Waals surface area contributed by atoms with E-state index in [2.05, 4.69) is 6.92 Å². The van der Waals surface area contributed by atoms with Gasteiger partial charge >= 0.3 is 5.97 Å². The number of carbonyl (C=O) groups is 1. The molecule has 0 spiro atoms. The number of hydrogen-bond acceptors (Lipinski definition) is 3. The second-order valence-corrected chi connectivity index (χ2v) is 5.52. The van der Waals surface area contributed by atoms with Gasteiger partial charge in [0.2, 0.25) is 0 Å². The van der Waals surface area contributed by atoms with Crippen molar-refractivity contribution in [1.82, 2.24) is 0 Å². The molecular weight excluding hydrogens is 278 g/mol. The Morgan fingerprint density at radius 2 is 2.15 bits per heavy atom. The molecule has 0 aromatic heterocycles. The number of benzene rings is 1. The first-order valence-corrected chi connectivity index (χ1v) is 7.20. The summed E-state index contributed by atoms with van der Waals surface area (Å²) >= 11 is 6.00. The highest BCUT2D eigenvalue weighted by molar-refractivity contribution is 6.32. The van der Waals surface area contributed by atoms with Crippen molar-refractivity contribution in [3.05, 3.63) is 29.3 Å². The summed E-state index contributed by atoms with van der Waals surface area (Å²) in [6.07, 6.45) is 1.78. The molecule has 0 aliphatic rings. The zero-order valence-electron chi connectivity index (χ0n) is 11.7. The van der Waals surface area contributed by atoms with E-state index in [1.54, 1.807) is 6.07 Å². The van der Waals surface area contributed by atoms with Crippen LogP contribution in [-0.4, -0.2) is 24.2 Å². The van der Waals surface area contributed by atoms with Gasteiger partial charge in [-0.1, -0.05) is 30.7 Å². The standard InChI is InChI=1S/C15H22ClNO3/c1-11(8-12(10-17)9-15(18)19)6-7-20-14-5-3-2-4-13(14)16/h2-5,11-12H,6-10,17H2,1H3,(H,18,19)/t11?,12-/m0/s1. The van der Waals surface area contributed by atoms with Gasteiger partial charge in [0, 0.05) is 6.42 Å². The minimum atomic E-state index is -0.792. The average Bonchev–Trinajstić information content (AvgIpc) is 2.39. The van der Waals surface area contributed by atoms with E-state index >= 15 is 0 Å². The summed E-state index contributed by atoms with van der Waals surface area (Å²) in [5.74, 6) is 0.287. The molecule has 3 N–H and O–H groups in total. The monoisotopic (exact) mass is 299 g/mol. The van der Waals surface area contributed by atoms with Crippen LogP contribution in [0, 0.1) is 11.8 Å². The Hall–Kier alpha value is -1.26. The van der Waals surface area contributed by atoms with Crippen molar-refractivity contribution in [2.24, 2.45) is 17.6 Å². The highest BCUT2D eigenvalue weighted by atomic mass is 35.5. The summed E-state index contributed by atoms with van der Waals surface area (Å²) in [6.45, 7) is 3.05. The van der Waals surface area contributed by atoms with Gasteiger partial charge in [0.15, 0.2) is 0 Å². The van der Waals surface area contributed by atoms with E-state index in [0.29, 0.717) is 29.8 Å². The number of ether oxygens (including phenoxy) is 1. The number of nitrogens with two attached hydrogens (primary N) is 1. The highest BCUT2D eigenvalue weighted by Gasteiger charge is 2.15. The first-order chi connectivity index (χ1) is 9.52. The maximum absolute atomic E-state index is 10.7. The molecule has 0 saturated carbocycles. The lowest BCUT2D eigenvalue weighted by atomic mass is 9.91. The predicted molar refractivity (Wildman–Crippen MR) is 80.1 cm³/mol. The first kappa shape index (κ1) is 16.8. The normalized spacial score (nSPS) is 13.8. The quantitative estimate of drug-likeness (QED) is 0.734. The van der Waals surface area contributed by atoms with Gasteiger partial charge in [-0.15, -0.1) is 0 Å². The number of rotatable bonds is 9. The summed E-state index contributed by atoms with van der Waals surface area (Å²) in [5, 5.41) is 9.39. The zero-order chi connectivity index (χ0) is 15.0. The Bertz CT molecular complexity index is 425. The lowest BCUT2D eigenvalue weighted by Gasteiger charge is -2.18. The van der Waals surface area contributed by atoms with Crippen LogP contribution in [0.1, 0.15) is 26.2 Å². The van der Waals surface area contributed by atoms with Gasteiger partial charge in [-0.25, -0.2) is 0 Å². The van der Waals surface area contributed by atoms with E-state index in [1.807, 2.05) is 18.2 Å². The predicted octanol–water partition coefficient (Wildman–Crippen LogP) is 3.18. The van der Waals surface area contributed by atoms with Gasteiger partial charge in [0.1, 0.15) is 5.75 Å². The Morgan fingerprint density at radius 1 is 1.45 bits per heavy atom. The van der Waals surface area contributed by atoms with Gasteiger partial charge in [-0.2, -0.15) is 0 Å². The van der Waals surface area contributed by atoms with Crippen molar-refractivity contribution >= 4 is 17.6 Å². The van der Waals surface area contributed by atoms with Crippen molar-refractivity contribution in [2.45, 2.75) is 26.2 Å². The van der Waals surface area contributed by atoms with Crippen LogP contribution < -0.4 is 10.5 Å². The molecule has 1 aromatic carbocycles. The molecule has 2 atom stereocenters. The molecule has 4 nitrogen and oxygen atoms in total. The van der Waals surface area contributed by atoms with Crippen LogP contribution in [0.2, 0.25) is 5.02 Å². The van der Waals surface area contributed by atoms with E-state index in [1.165, 1.54) is 0 Å². The fourth-order valence-electron chi connectivity index (χ4n) is 2.13. The molecular formula is C15H22ClNO3. The van der Waals surface area contributed by atoms with Gasteiger partial charge in [0.25, 0.3) is 0 Å². The van der Waals surface area contributed by atoms with Gasteiger partial charge in [0.05, 0.1) is 11.6 Å². The molecule has 0 aliphatic heterocycles. The summed E-state index contributed by atoms with van der Waals surface area (Å²) in [6, 6.07) is 7.36. The maximum atomic E-state index is 10.7. The second kappa shape index (κ2) is 8.82. The lowest BCUT2D eigenvalue weighted by Crippen LogP contribution is -2.21. The third-order valence-corrected chi connectivity index (χ3v) is 3.55. The Kier molecular flexibility index (Phi) is 7.41. The highest BCUT2D eigenvalue weighted by Crippen LogP contribution is 2.24. The molecule has 1 aromatic rings. The van der Waals surface area contributed by atoms with Crippen LogP contribution in [0.3, 0.4) is 0 Å². The van der Waals surface area contributed by atoms with Crippen LogP contribution in [0.5, 0.6) is 5.75 Å². The van der Waals surface area contributed by atoms with Gasteiger partial charge in [-0.05, 0) is 43.4 Å². The molecule has 0 radical (unpaired) electrons. The number of carboxylic acids is 1. The minimum absolute atomic E-state index is 0.0304. The number of para-hydroxylation sites is 1. The molecule has 112 valence electrons. The van der Waals surface area contributed by atoms with E-state index in [9.17, 15) is 4.79 Å². The Labute approximate surface area is 124 Å². The van der Waals surface area contributed by atoms with Crippen LogP contribution in [0.15, 0.2) is 24.3 Å². The smallest absolute Gasteiger partial charge is 0.303 e. The Morgan fingerprint density at radius 3 is 2.75 bits per heavy atom. The van der Waals surface area contributed by atoms with Crippen molar-refractivity contribution in [1.29, 1.82) is 0 Å². The summed E-state index contributed by atoms with van der Waals surface area (Å²) in [7, 11) is 0. The van der Waals surface area contributed by atoms with Gasteiger partial charge in [-0.3, -0.25) is 4.79 Å². The first-order valence-electron chi connectivity index (χ1n) is 6.82. The number of hydrogen-bond donors (Lipinski definition) is 2. The van der Waals surface area contributed by atoms with Gasteiger partial charge < -0.3 is 15.6 Å². The number of aliphatic carboxylic acids is 1. The molecule has 1 unspecified atom stereocenters. The molecule has 0 heterocycles. The molecule has 5 heteroatoms. The maximum Gasteiger partial charge on any atom is 0.303 e. The SMILES string of the molecule is CC(CCOc1ccccc1Cl)C[C@H](CN)CC(=O)O. The molecule has 0 amide bonds. The van der Waals surface area contributed by atoms with Crippen molar-refractivity contribution in [3.8, 4) is 5.75 Å². The third-order valence-electron chi connectivity index (χ3n) is 3.24. The average molecular weight is 300 g/mol. The lowest BCUT2D eigenvalue weighted by molar-refractivity contribution is -0.138. The summed E-state index contributed by atoms with van der Waals surface area (Å²) < 4.78 is 5.62. The molecule has 0 fully saturated rings. The number of halogens is 1. The molecule has 0 saturated heterocycles. The fourth-order valence-corrected chi connectivity index (χ4v) is 2.32. The van der Waals surface area contributed by atoms with E-state index < -0.39 is 5.97 Å². The third kappa shape index (κ3) is 6.26. The van der Waals surface area contributed by atoms with Crippen molar-refractivity contribution < 1.29 is 14.6 Å². The van der Waals surface area contributed by atoms with Crippen LogP contribution in [-0.2, 0) is 4.79 Å². The largest absolute Gasteiger partial charge is 0.492 e. The molecule has 20 heavy (non-hydrogen) atoms. The minimum Gasteiger partial charge on any atom is -0.492 e. The topological polar surface area (TPSA) is 72.5 Å². The Balaban J connectivity index is 2.30. The second-order valence-electron chi connectivity index (χ2n) is 5.11. The van der Waals surface area contributed by atoms with Crippen LogP contribution >= 0.6 is 11.6 Å². The number of carboxylic acid groups (broad SMARTS) is 1. The van der Waals surface area contributed by atoms with Crippen LogP contribution in [0.4, 0.5) is 0 Å². The molecule has 0 bridgehead atoms. The molecule has 0 aliphatic carbocycles.